The molecule has 0 aliphatic heterocycles. The van der Waals surface area contributed by atoms with E-state index in [0.717, 1.165) is 16.8 Å². The van der Waals surface area contributed by atoms with E-state index in [9.17, 15) is 22.8 Å². The molecule has 0 spiro atoms. The maximum absolute atomic E-state index is 12.8. The van der Waals surface area contributed by atoms with Gasteiger partial charge in [0, 0.05) is 6.20 Å². The van der Waals surface area contributed by atoms with Crippen LogP contribution >= 0.6 is 11.6 Å². The summed E-state index contributed by atoms with van der Waals surface area (Å²) >= 11 is 5.47. The van der Waals surface area contributed by atoms with Crippen LogP contribution in [0.25, 0.3) is 5.69 Å². The second-order valence-corrected chi connectivity index (χ2v) is 4.35. The average molecular weight is 316 g/mol. The first-order valence-corrected chi connectivity index (χ1v) is 5.75. The van der Waals surface area contributed by atoms with Crippen molar-refractivity contribution in [2.45, 2.75) is 6.18 Å². The summed E-state index contributed by atoms with van der Waals surface area (Å²) < 4.78 is 39.0. The van der Waals surface area contributed by atoms with E-state index in [-0.39, 0.29) is 5.69 Å². The van der Waals surface area contributed by atoms with E-state index >= 15 is 0 Å². The Kier molecular flexibility index (Phi) is 3.61. The predicted molar refractivity (Wildman–Crippen MR) is 67.4 cm³/mol. The van der Waals surface area contributed by atoms with Crippen molar-refractivity contribution in [2.24, 2.45) is 0 Å². The maximum atomic E-state index is 12.8. The Hall–Kier alpha value is -2.53. The number of benzene rings is 1. The molecule has 0 amide bonds. The zero-order valence-corrected chi connectivity index (χ0v) is 10.8. The van der Waals surface area contributed by atoms with Crippen LogP contribution in [0.4, 0.5) is 13.2 Å². The summed E-state index contributed by atoms with van der Waals surface area (Å²) in [4.78, 5) is 24.7. The summed E-state index contributed by atoms with van der Waals surface area (Å²) in [5.41, 5.74) is -3.58. The molecule has 0 aliphatic rings. The van der Waals surface area contributed by atoms with Crippen LogP contribution in [0.15, 0.2) is 34.0 Å². The Morgan fingerprint density at radius 1 is 1.29 bits per heavy atom. The number of aromatic amines is 1. The topological polar surface area (TPSA) is 78.7 Å². The average Bonchev–Trinajstić information content (AvgIpc) is 2.38. The lowest BCUT2D eigenvalue weighted by Gasteiger charge is -2.12. The van der Waals surface area contributed by atoms with Gasteiger partial charge in [-0.2, -0.15) is 18.4 Å². The lowest BCUT2D eigenvalue weighted by molar-refractivity contribution is -0.137. The van der Waals surface area contributed by atoms with Crippen LogP contribution in [-0.4, -0.2) is 9.55 Å². The molecule has 0 fully saturated rings. The number of H-pyrrole nitrogens is 1. The van der Waals surface area contributed by atoms with Crippen LogP contribution < -0.4 is 11.2 Å². The summed E-state index contributed by atoms with van der Waals surface area (Å²) in [7, 11) is 0. The first-order valence-electron chi connectivity index (χ1n) is 5.37. The van der Waals surface area contributed by atoms with Gasteiger partial charge in [-0.1, -0.05) is 11.6 Å². The number of aromatic nitrogens is 2. The quantitative estimate of drug-likeness (QED) is 0.875. The molecule has 2 aromatic rings. The van der Waals surface area contributed by atoms with Gasteiger partial charge in [0.15, 0.2) is 0 Å². The number of nitrogens with one attached hydrogen (secondary N) is 1. The molecule has 0 unspecified atom stereocenters. The van der Waals surface area contributed by atoms with E-state index in [1.807, 2.05) is 4.98 Å². The van der Waals surface area contributed by atoms with Crippen LogP contribution in [0.3, 0.4) is 0 Å². The molecule has 1 aromatic heterocycles. The first kappa shape index (κ1) is 14.9. The Labute approximate surface area is 119 Å². The van der Waals surface area contributed by atoms with Gasteiger partial charge in [-0.3, -0.25) is 14.3 Å². The maximum Gasteiger partial charge on any atom is 0.417 e. The summed E-state index contributed by atoms with van der Waals surface area (Å²) in [6.45, 7) is 0. The van der Waals surface area contributed by atoms with Gasteiger partial charge >= 0.3 is 11.9 Å². The molecule has 9 heteroatoms. The summed E-state index contributed by atoms with van der Waals surface area (Å²) in [6.07, 6.45) is -3.83. The van der Waals surface area contributed by atoms with Crippen LogP contribution in [0, 0.1) is 11.3 Å². The number of hydrogen-bond acceptors (Lipinski definition) is 3. The van der Waals surface area contributed by atoms with Crippen molar-refractivity contribution >= 4 is 11.6 Å². The molecule has 5 nitrogen and oxygen atoms in total. The fraction of sp³-hybridized carbons (Fsp3) is 0.0833. The number of hydrogen-bond donors (Lipinski definition) is 1. The van der Waals surface area contributed by atoms with Crippen molar-refractivity contribution in [1.82, 2.24) is 9.55 Å². The lowest BCUT2D eigenvalue weighted by Crippen LogP contribution is -2.30. The number of rotatable bonds is 1. The molecule has 0 radical (unpaired) electrons. The van der Waals surface area contributed by atoms with Crippen LogP contribution in [0.5, 0.6) is 0 Å². The second-order valence-electron chi connectivity index (χ2n) is 3.95. The molecule has 0 aliphatic carbocycles. The summed E-state index contributed by atoms with van der Waals surface area (Å²) in [5, 5.41) is 8.20. The molecule has 1 aromatic carbocycles. The van der Waals surface area contributed by atoms with Gasteiger partial charge in [0.05, 0.1) is 16.3 Å². The molecule has 0 saturated heterocycles. The third-order valence-electron chi connectivity index (χ3n) is 2.60. The van der Waals surface area contributed by atoms with E-state index < -0.39 is 33.6 Å². The number of alkyl halides is 3. The molecule has 1 N–H and O–H groups in total. The highest BCUT2D eigenvalue weighted by molar-refractivity contribution is 6.31. The van der Waals surface area contributed by atoms with Crippen molar-refractivity contribution in [3.05, 3.63) is 61.4 Å². The minimum atomic E-state index is -4.70. The Morgan fingerprint density at radius 2 is 1.95 bits per heavy atom. The van der Waals surface area contributed by atoms with Crippen LogP contribution in [0.2, 0.25) is 5.02 Å². The number of nitriles is 1. The predicted octanol–water partition coefficient (Wildman–Crippen LogP) is 2.07. The van der Waals surface area contributed by atoms with Gasteiger partial charge in [-0.05, 0) is 18.2 Å². The van der Waals surface area contributed by atoms with Crippen LogP contribution in [0.1, 0.15) is 11.1 Å². The fourth-order valence-electron chi connectivity index (χ4n) is 1.62. The molecule has 21 heavy (non-hydrogen) atoms. The Balaban J connectivity index is 2.72. The summed E-state index contributed by atoms with van der Waals surface area (Å²) in [6, 6.07) is 4.33. The monoisotopic (exact) mass is 315 g/mol. The molecule has 0 bridgehead atoms. The Morgan fingerprint density at radius 3 is 2.52 bits per heavy atom. The van der Waals surface area contributed by atoms with E-state index in [2.05, 4.69) is 0 Å². The normalized spacial score (nSPS) is 11.2. The van der Waals surface area contributed by atoms with Crippen molar-refractivity contribution < 1.29 is 13.2 Å². The minimum Gasteiger partial charge on any atom is -0.273 e. The van der Waals surface area contributed by atoms with Crippen molar-refractivity contribution in [3.63, 3.8) is 0 Å². The molecule has 0 atom stereocenters. The SMILES string of the molecule is N#Cc1cn(-c2ccc(Cl)c(C(F)(F)F)c2)c(=O)[nH]c1=O. The van der Waals surface area contributed by atoms with Gasteiger partial charge in [-0.25, -0.2) is 4.79 Å². The van der Waals surface area contributed by atoms with Gasteiger partial charge in [-0.15, -0.1) is 0 Å². The molecule has 108 valence electrons. The fourth-order valence-corrected chi connectivity index (χ4v) is 1.85. The summed E-state index contributed by atoms with van der Waals surface area (Å²) in [5.74, 6) is 0. The third kappa shape index (κ3) is 2.83. The standard InChI is InChI=1S/C12H5ClF3N3O2/c13-9-2-1-7(3-8(9)12(14,15)16)19-5-6(4-17)10(20)18-11(19)21/h1-3,5H,(H,18,20,21). The zero-order valence-electron chi connectivity index (χ0n) is 10.0. The molecule has 1 heterocycles. The molecular formula is C12H5ClF3N3O2. The van der Waals surface area contributed by atoms with E-state index in [0.29, 0.717) is 6.07 Å². The number of halogens is 4. The van der Waals surface area contributed by atoms with Gasteiger partial charge in [0.1, 0.15) is 11.6 Å². The largest absolute Gasteiger partial charge is 0.417 e. The van der Waals surface area contributed by atoms with Crippen molar-refractivity contribution in [3.8, 4) is 11.8 Å². The van der Waals surface area contributed by atoms with Gasteiger partial charge in [0.25, 0.3) is 5.56 Å². The van der Waals surface area contributed by atoms with Crippen molar-refractivity contribution in [2.75, 3.05) is 0 Å². The smallest absolute Gasteiger partial charge is 0.273 e. The van der Waals surface area contributed by atoms with E-state index in [1.165, 1.54) is 12.1 Å². The zero-order chi connectivity index (χ0) is 15.8. The highest BCUT2D eigenvalue weighted by atomic mass is 35.5. The van der Waals surface area contributed by atoms with Gasteiger partial charge in [0.2, 0.25) is 0 Å². The lowest BCUT2D eigenvalue weighted by atomic mass is 10.2. The first-order chi connectivity index (χ1) is 9.74. The molecular weight excluding hydrogens is 311 g/mol. The highest BCUT2D eigenvalue weighted by Crippen LogP contribution is 2.35. The molecule has 0 saturated carbocycles. The molecule has 2 rings (SSSR count). The Bertz CT molecular complexity index is 862. The second kappa shape index (κ2) is 5.10. The van der Waals surface area contributed by atoms with E-state index in [4.69, 9.17) is 16.9 Å². The van der Waals surface area contributed by atoms with Crippen LogP contribution in [-0.2, 0) is 6.18 Å². The minimum absolute atomic E-state index is 0.176. The van der Waals surface area contributed by atoms with Gasteiger partial charge < -0.3 is 0 Å². The van der Waals surface area contributed by atoms with Crippen molar-refractivity contribution in [1.29, 1.82) is 5.26 Å². The van der Waals surface area contributed by atoms with E-state index in [1.54, 1.807) is 0 Å². The number of nitrogens with zero attached hydrogens (tertiary/aromatic N) is 2. The highest BCUT2D eigenvalue weighted by Gasteiger charge is 2.33. The third-order valence-corrected chi connectivity index (χ3v) is 2.93.